The van der Waals surface area contributed by atoms with Crippen molar-refractivity contribution in [2.24, 2.45) is 0 Å². The molecule has 0 aliphatic carbocycles. The number of aromatic amines is 1. The van der Waals surface area contributed by atoms with E-state index in [9.17, 15) is 9.18 Å². The molecule has 2 aromatic heterocycles. The number of ketones is 1. The summed E-state index contributed by atoms with van der Waals surface area (Å²) in [5.41, 5.74) is 1.97. The summed E-state index contributed by atoms with van der Waals surface area (Å²) in [6.45, 7) is 1.98. The van der Waals surface area contributed by atoms with Crippen LogP contribution in [-0.2, 0) is 0 Å². The molecule has 0 fully saturated rings. The molecule has 21 heavy (non-hydrogen) atoms. The molecular formula is C15H14FN3OS. The van der Waals surface area contributed by atoms with Gasteiger partial charge in [0.1, 0.15) is 5.82 Å². The van der Waals surface area contributed by atoms with Crippen molar-refractivity contribution >= 4 is 28.0 Å². The molecule has 6 heteroatoms. The predicted octanol–water partition coefficient (Wildman–Crippen LogP) is 3.27. The highest BCUT2D eigenvalue weighted by atomic mass is 32.1. The summed E-state index contributed by atoms with van der Waals surface area (Å²) < 4.78 is 13.2. The summed E-state index contributed by atoms with van der Waals surface area (Å²) in [5, 5.41) is 6.12. The normalized spacial score (nSPS) is 12.7. The fraction of sp³-hybridized carbons (Fsp3) is 0.200. The van der Waals surface area contributed by atoms with Gasteiger partial charge in [0.05, 0.1) is 11.3 Å². The highest BCUT2D eigenvalue weighted by Gasteiger charge is 2.19. The monoisotopic (exact) mass is 303 g/mol. The molecule has 0 radical (unpaired) electrons. The van der Waals surface area contributed by atoms with E-state index in [-0.39, 0.29) is 17.6 Å². The molecule has 3 rings (SSSR count). The summed E-state index contributed by atoms with van der Waals surface area (Å²) in [5.74, 6) is -0.477. The van der Waals surface area contributed by atoms with Gasteiger partial charge < -0.3 is 10.3 Å². The van der Waals surface area contributed by atoms with E-state index in [1.807, 2.05) is 19.4 Å². The second kappa shape index (κ2) is 5.38. The minimum atomic E-state index is -0.331. The topological polar surface area (TPSA) is 57.8 Å². The third-order valence-corrected chi connectivity index (χ3v) is 4.34. The minimum Gasteiger partial charge on any atom is -0.360 e. The van der Waals surface area contributed by atoms with Crippen molar-refractivity contribution in [1.29, 1.82) is 0 Å². The average Bonchev–Trinajstić information content (AvgIpc) is 3.12. The summed E-state index contributed by atoms with van der Waals surface area (Å²) >= 11 is 1.32. The van der Waals surface area contributed by atoms with Crippen LogP contribution in [0.1, 0.15) is 34.0 Å². The van der Waals surface area contributed by atoms with E-state index in [4.69, 9.17) is 0 Å². The van der Waals surface area contributed by atoms with Crippen molar-refractivity contribution < 1.29 is 9.18 Å². The predicted molar refractivity (Wildman–Crippen MR) is 81.3 cm³/mol. The molecular weight excluding hydrogens is 289 g/mol. The first kappa shape index (κ1) is 13.9. The molecule has 0 spiro atoms. The van der Waals surface area contributed by atoms with Crippen molar-refractivity contribution in [2.75, 3.05) is 7.05 Å². The zero-order valence-corrected chi connectivity index (χ0v) is 12.4. The summed E-state index contributed by atoms with van der Waals surface area (Å²) in [6, 6.07) is 4.44. The van der Waals surface area contributed by atoms with Gasteiger partial charge in [-0.25, -0.2) is 9.37 Å². The lowest BCUT2D eigenvalue weighted by molar-refractivity contribution is 0.103. The third-order valence-electron chi connectivity index (χ3n) is 3.48. The Morgan fingerprint density at radius 3 is 3.05 bits per heavy atom. The van der Waals surface area contributed by atoms with E-state index < -0.39 is 0 Å². The summed E-state index contributed by atoms with van der Waals surface area (Å²) in [4.78, 5) is 19.8. The number of rotatable bonds is 4. The second-order valence-corrected chi connectivity index (χ2v) is 5.67. The maximum absolute atomic E-state index is 13.2. The van der Waals surface area contributed by atoms with Gasteiger partial charge in [0.2, 0.25) is 5.78 Å². The Morgan fingerprint density at radius 1 is 1.48 bits per heavy atom. The maximum Gasteiger partial charge on any atom is 0.223 e. The van der Waals surface area contributed by atoms with Crippen LogP contribution in [0, 0.1) is 5.82 Å². The molecule has 0 aliphatic heterocycles. The van der Waals surface area contributed by atoms with Gasteiger partial charge in [-0.15, -0.1) is 11.3 Å². The zero-order chi connectivity index (χ0) is 15.0. The molecule has 0 bridgehead atoms. The number of aromatic nitrogens is 2. The van der Waals surface area contributed by atoms with E-state index in [1.54, 1.807) is 12.3 Å². The fourth-order valence-electron chi connectivity index (χ4n) is 2.14. The quantitative estimate of drug-likeness (QED) is 0.727. The van der Waals surface area contributed by atoms with Gasteiger partial charge >= 0.3 is 0 Å². The van der Waals surface area contributed by atoms with Crippen LogP contribution >= 0.6 is 11.3 Å². The lowest BCUT2D eigenvalue weighted by atomic mass is 10.1. The number of thiazole rings is 1. The molecule has 2 heterocycles. The standard InChI is InChI=1S/C15H14FN3OS/c1-8(17-2)13-7-21-15(19-13)14(20)11-6-18-12-5-9(16)3-4-10(11)12/h3-8,17-18H,1-2H3. The Kier molecular flexibility index (Phi) is 3.57. The lowest BCUT2D eigenvalue weighted by Crippen LogP contribution is -2.13. The first-order valence-electron chi connectivity index (χ1n) is 6.54. The maximum atomic E-state index is 13.2. The van der Waals surface area contributed by atoms with E-state index in [0.717, 1.165) is 5.69 Å². The molecule has 0 aliphatic rings. The van der Waals surface area contributed by atoms with Crippen LogP contribution in [0.4, 0.5) is 4.39 Å². The van der Waals surface area contributed by atoms with Crippen molar-refractivity contribution in [3.8, 4) is 0 Å². The Labute approximate surface area is 125 Å². The minimum absolute atomic E-state index is 0.0971. The van der Waals surface area contributed by atoms with Gasteiger partial charge in [-0.2, -0.15) is 0 Å². The number of nitrogens with one attached hydrogen (secondary N) is 2. The number of fused-ring (bicyclic) bond motifs is 1. The highest BCUT2D eigenvalue weighted by Crippen LogP contribution is 2.24. The van der Waals surface area contributed by atoms with E-state index >= 15 is 0 Å². The Morgan fingerprint density at radius 2 is 2.29 bits per heavy atom. The van der Waals surface area contributed by atoms with Crippen molar-refractivity contribution in [3.05, 3.63) is 51.9 Å². The molecule has 3 aromatic rings. The number of benzene rings is 1. The van der Waals surface area contributed by atoms with Crippen LogP contribution in [-0.4, -0.2) is 22.8 Å². The Hall–Kier alpha value is -2.05. The van der Waals surface area contributed by atoms with Crippen LogP contribution < -0.4 is 5.32 Å². The molecule has 108 valence electrons. The van der Waals surface area contributed by atoms with Gasteiger partial charge in [-0.05, 0) is 32.2 Å². The number of carbonyl (C=O) groups is 1. The zero-order valence-electron chi connectivity index (χ0n) is 11.6. The summed E-state index contributed by atoms with van der Waals surface area (Å²) in [6.07, 6.45) is 1.61. The average molecular weight is 303 g/mol. The van der Waals surface area contributed by atoms with E-state index in [1.165, 1.54) is 23.5 Å². The van der Waals surface area contributed by atoms with Gasteiger partial charge in [-0.1, -0.05) is 0 Å². The lowest BCUT2D eigenvalue weighted by Gasteiger charge is -2.04. The largest absolute Gasteiger partial charge is 0.360 e. The molecule has 0 saturated heterocycles. The first-order chi connectivity index (χ1) is 10.1. The molecule has 2 N–H and O–H groups in total. The smallest absolute Gasteiger partial charge is 0.223 e. The first-order valence-corrected chi connectivity index (χ1v) is 7.42. The van der Waals surface area contributed by atoms with Crippen LogP contribution in [0.5, 0.6) is 0 Å². The molecule has 1 atom stereocenters. The van der Waals surface area contributed by atoms with Crippen molar-refractivity contribution in [2.45, 2.75) is 13.0 Å². The molecule has 1 aromatic carbocycles. The van der Waals surface area contributed by atoms with E-state index in [0.29, 0.717) is 21.5 Å². The Balaban J connectivity index is 1.98. The van der Waals surface area contributed by atoms with Gasteiger partial charge in [0.25, 0.3) is 0 Å². The number of hydrogen-bond donors (Lipinski definition) is 2. The van der Waals surface area contributed by atoms with Gasteiger partial charge in [-0.3, -0.25) is 4.79 Å². The highest BCUT2D eigenvalue weighted by molar-refractivity contribution is 7.12. The summed E-state index contributed by atoms with van der Waals surface area (Å²) in [7, 11) is 1.85. The number of H-pyrrole nitrogens is 1. The second-order valence-electron chi connectivity index (χ2n) is 4.81. The Bertz CT molecular complexity index is 808. The molecule has 0 saturated carbocycles. The third kappa shape index (κ3) is 2.48. The number of nitrogens with zero attached hydrogens (tertiary/aromatic N) is 1. The van der Waals surface area contributed by atoms with Crippen LogP contribution in [0.3, 0.4) is 0 Å². The van der Waals surface area contributed by atoms with Gasteiger partial charge in [0, 0.05) is 28.5 Å². The van der Waals surface area contributed by atoms with E-state index in [2.05, 4.69) is 15.3 Å². The fourth-order valence-corrected chi connectivity index (χ4v) is 3.00. The number of halogens is 1. The number of carbonyl (C=O) groups excluding carboxylic acids is 1. The number of hydrogen-bond acceptors (Lipinski definition) is 4. The van der Waals surface area contributed by atoms with Crippen LogP contribution in [0.2, 0.25) is 0 Å². The van der Waals surface area contributed by atoms with Crippen molar-refractivity contribution in [1.82, 2.24) is 15.3 Å². The molecule has 4 nitrogen and oxygen atoms in total. The molecule has 0 amide bonds. The SMILES string of the molecule is CNC(C)c1csc(C(=O)c2c[nH]c3cc(F)ccc23)n1. The van der Waals surface area contributed by atoms with Gasteiger partial charge in [0.15, 0.2) is 5.01 Å². The molecule has 1 unspecified atom stereocenters. The van der Waals surface area contributed by atoms with Crippen LogP contribution in [0.25, 0.3) is 10.9 Å². The van der Waals surface area contributed by atoms with Crippen LogP contribution in [0.15, 0.2) is 29.8 Å². The van der Waals surface area contributed by atoms with Crippen molar-refractivity contribution in [3.63, 3.8) is 0 Å².